The van der Waals surface area contributed by atoms with Gasteiger partial charge in [-0.3, -0.25) is 9.59 Å². The smallest absolute Gasteiger partial charge is 0.281 e. The molecule has 0 aromatic rings. The normalized spacial score (nSPS) is 14.4. The molecule has 0 saturated heterocycles. The van der Waals surface area contributed by atoms with E-state index >= 15 is 0 Å². The van der Waals surface area contributed by atoms with Crippen LogP contribution < -0.4 is 0 Å². The van der Waals surface area contributed by atoms with Crippen molar-refractivity contribution in [1.29, 1.82) is 0 Å². The Hall–Kier alpha value is -1.40. The molecule has 1 unspecified atom stereocenters. The van der Waals surface area contributed by atoms with Gasteiger partial charge in [0.15, 0.2) is 0 Å². The first-order valence-corrected chi connectivity index (χ1v) is 11.1. The second-order valence-corrected chi connectivity index (χ2v) is 7.71. The Labute approximate surface area is 192 Å². The molecule has 1 atom stereocenters. The molecular formula is C23H30Cl2F4O2. The third kappa shape index (κ3) is 11.7. The molecule has 0 saturated carbocycles. The van der Waals surface area contributed by atoms with Crippen LogP contribution in [-0.4, -0.2) is 22.3 Å². The zero-order chi connectivity index (χ0) is 23.8. The van der Waals surface area contributed by atoms with E-state index in [2.05, 4.69) is 36.8 Å². The van der Waals surface area contributed by atoms with E-state index in [0.717, 1.165) is 19.3 Å². The largest absolute Gasteiger partial charge is 0.382 e. The number of hydrogen-bond donors (Lipinski definition) is 0. The minimum Gasteiger partial charge on any atom is -0.281 e. The fourth-order valence-electron chi connectivity index (χ4n) is 2.61. The Morgan fingerprint density at radius 2 is 1.23 bits per heavy atom. The molecule has 0 aliphatic rings. The first kappa shape index (κ1) is 29.6. The molecule has 0 spiro atoms. The lowest BCUT2D eigenvalue weighted by Gasteiger charge is -2.28. The molecule has 31 heavy (non-hydrogen) atoms. The van der Waals surface area contributed by atoms with Gasteiger partial charge in [0.2, 0.25) is 5.24 Å². The summed E-state index contributed by atoms with van der Waals surface area (Å²) in [7, 11) is 0. The molecule has 0 aliphatic heterocycles. The molecule has 176 valence electrons. The van der Waals surface area contributed by atoms with E-state index in [1.807, 2.05) is 18.2 Å². The van der Waals surface area contributed by atoms with Crippen molar-refractivity contribution >= 4 is 33.7 Å². The maximum Gasteiger partial charge on any atom is 0.382 e. The second kappa shape index (κ2) is 16.3. The quantitative estimate of drug-likeness (QED) is 0.0902. The summed E-state index contributed by atoms with van der Waals surface area (Å²) in [5, 5.41) is -4.17. The van der Waals surface area contributed by atoms with E-state index in [-0.39, 0.29) is 6.42 Å². The lowest BCUT2D eigenvalue weighted by molar-refractivity contribution is -0.221. The van der Waals surface area contributed by atoms with Crippen molar-refractivity contribution < 1.29 is 27.2 Å². The molecular weight excluding hydrogens is 455 g/mol. The van der Waals surface area contributed by atoms with E-state index in [1.165, 1.54) is 25.3 Å². The highest BCUT2D eigenvalue weighted by Crippen LogP contribution is 2.44. The molecule has 0 bridgehead atoms. The first-order valence-electron chi connectivity index (χ1n) is 10.3. The van der Waals surface area contributed by atoms with Crippen molar-refractivity contribution in [3.63, 3.8) is 0 Å². The molecule has 0 heterocycles. The Balaban J connectivity index is 4.25. The molecule has 0 aliphatic carbocycles. The minimum absolute atomic E-state index is 0.0798. The molecule has 0 radical (unpaired) electrons. The van der Waals surface area contributed by atoms with Crippen LogP contribution in [0.4, 0.5) is 17.6 Å². The summed E-state index contributed by atoms with van der Waals surface area (Å²) in [5.74, 6) is -12.7. The topological polar surface area (TPSA) is 34.1 Å². The molecule has 0 amide bonds. The number of carbonyl (C=O) groups is 2. The minimum atomic E-state index is -5.17. The molecule has 0 aromatic heterocycles. The van der Waals surface area contributed by atoms with E-state index in [9.17, 15) is 27.2 Å². The maximum absolute atomic E-state index is 13.9. The van der Waals surface area contributed by atoms with Gasteiger partial charge in [0.05, 0.1) is 0 Å². The molecule has 8 heteroatoms. The average Bonchev–Trinajstić information content (AvgIpc) is 2.69. The Bertz CT molecular complexity index is 656. The third-order valence-electron chi connectivity index (χ3n) is 4.46. The lowest BCUT2D eigenvalue weighted by Crippen LogP contribution is -2.51. The Kier molecular flexibility index (Phi) is 15.5. The highest BCUT2D eigenvalue weighted by molar-refractivity contribution is 6.66. The van der Waals surface area contributed by atoms with E-state index in [0.29, 0.717) is 6.42 Å². The van der Waals surface area contributed by atoms with Gasteiger partial charge in [0, 0.05) is 0 Å². The van der Waals surface area contributed by atoms with Gasteiger partial charge in [-0.25, -0.2) is 0 Å². The van der Waals surface area contributed by atoms with E-state index in [4.69, 9.17) is 11.6 Å². The summed E-state index contributed by atoms with van der Waals surface area (Å²) in [5.41, 5.74) is 0. The van der Waals surface area contributed by atoms with E-state index in [1.54, 1.807) is 6.08 Å². The number of carbonyl (C=O) groups excluding carboxylic acids is 2. The third-order valence-corrected chi connectivity index (χ3v) is 4.96. The summed E-state index contributed by atoms with van der Waals surface area (Å²) in [6, 6.07) is 0. The van der Waals surface area contributed by atoms with Crippen molar-refractivity contribution in [2.24, 2.45) is 5.92 Å². The monoisotopic (exact) mass is 484 g/mol. The number of allylic oxidation sites excluding steroid dienone is 8. The Morgan fingerprint density at radius 1 is 0.774 bits per heavy atom. The zero-order valence-corrected chi connectivity index (χ0v) is 19.2. The van der Waals surface area contributed by atoms with Crippen LogP contribution >= 0.6 is 23.2 Å². The number of halogens is 6. The van der Waals surface area contributed by atoms with Gasteiger partial charge in [0.1, 0.15) is 5.92 Å². The molecule has 0 N–H and O–H groups in total. The van der Waals surface area contributed by atoms with Crippen LogP contribution in [0.25, 0.3) is 0 Å². The van der Waals surface area contributed by atoms with Crippen molar-refractivity contribution in [2.75, 3.05) is 0 Å². The van der Waals surface area contributed by atoms with Crippen LogP contribution in [0, 0.1) is 5.92 Å². The number of rotatable bonds is 17. The van der Waals surface area contributed by atoms with Crippen LogP contribution in [0.1, 0.15) is 64.7 Å². The number of unbranched alkanes of at least 4 members (excludes halogenated alkanes) is 3. The van der Waals surface area contributed by atoms with Gasteiger partial charge in [-0.05, 0) is 68.1 Å². The summed E-state index contributed by atoms with van der Waals surface area (Å²) in [4.78, 5) is 21.8. The van der Waals surface area contributed by atoms with Crippen LogP contribution in [0.3, 0.4) is 0 Å². The molecule has 2 nitrogen and oxygen atoms in total. The SMILES string of the molecule is CCCCC/C=C\C/C=C\C/C=C\C/C=C\CCC(C(=O)Cl)C(F)(F)C(F)(F)C(=O)Cl. The van der Waals surface area contributed by atoms with Gasteiger partial charge in [-0.2, -0.15) is 17.6 Å². The lowest BCUT2D eigenvalue weighted by atomic mass is 9.92. The number of alkyl halides is 4. The van der Waals surface area contributed by atoms with Crippen molar-refractivity contribution in [2.45, 2.75) is 76.6 Å². The van der Waals surface area contributed by atoms with Crippen LogP contribution in [-0.2, 0) is 9.59 Å². The van der Waals surface area contributed by atoms with Gasteiger partial charge in [-0.1, -0.05) is 68.4 Å². The molecule has 0 rings (SSSR count). The standard InChI is InChI=1S/C23H30Cl2F4O2/c1-2-3-4-5-6-7-8-9-10-11-12-13-14-15-16-17-18-19(20(24)30)22(26,27)23(28,29)21(25)31/h6-7,9-10,12-13,15-16,19H,2-5,8,11,14,17-18H2,1H3/b7-6-,10-9-,13-12-,16-15-. The fraction of sp³-hybridized carbons (Fsp3) is 0.565. The highest BCUT2D eigenvalue weighted by atomic mass is 35.5. The van der Waals surface area contributed by atoms with Gasteiger partial charge in [-0.15, -0.1) is 0 Å². The van der Waals surface area contributed by atoms with Crippen molar-refractivity contribution in [3.05, 3.63) is 48.6 Å². The zero-order valence-electron chi connectivity index (χ0n) is 17.6. The summed E-state index contributed by atoms with van der Waals surface area (Å²) >= 11 is 9.61. The number of hydrogen-bond acceptors (Lipinski definition) is 2. The van der Waals surface area contributed by atoms with Crippen LogP contribution in [0.15, 0.2) is 48.6 Å². The van der Waals surface area contributed by atoms with Crippen molar-refractivity contribution in [1.82, 2.24) is 0 Å². The molecule has 0 aromatic carbocycles. The van der Waals surface area contributed by atoms with Crippen LogP contribution in [0.2, 0.25) is 0 Å². The van der Waals surface area contributed by atoms with Gasteiger partial charge in [0.25, 0.3) is 5.24 Å². The molecule has 0 fully saturated rings. The second-order valence-electron chi connectivity index (χ2n) is 6.99. The van der Waals surface area contributed by atoms with Gasteiger partial charge < -0.3 is 0 Å². The summed E-state index contributed by atoms with van der Waals surface area (Å²) < 4.78 is 54.4. The van der Waals surface area contributed by atoms with Crippen LogP contribution in [0.5, 0.6) is 0 Å². The predicted octanol–water partition coefficient (Wildman–Crippen LogP) is 8.16. The maximum atomic E-state index is 13.9. The van der Waals surface area contributed by atoms with Gasteiger partial charge >= 0.3 is 11.8 Å². The highest BCUT2D eigenvalue weighted by Gasteiger charge is 2.66. The van der Waals surface area contributed by atoms with E-state index < -0.39 is 34.7 Å². The summed E-state index contributed by atoms with van der Waals surface area (Å²) in [6.45, 7) is 2.17. The average molecular weight is 485 g/mol. The fourth-order valence-corrected chi connectivity index (χ4v) is 2.98. The first-order chi connectivity index (χ1) is 14.6. The summed E-state index contributed by atoms with van der Waals surface area (Å²) in [6.07, 6.45) is 21.7. The Morgan fingerprint density at radius 3 is 1.65 bits per heavy atom. The van der Waals surface area contributed by atoms with Crippen molar-refractivity contribution in [3.8, 4) is 0 Å². The predicted molar refractivity (Wildman–Crippen MR) is 119 cm³/mol.